The van der Waals surface area contributed by atoms with Crippen LogP contribution >= 0.6 is 0 Å². The maximum absolute atomic E-state index is 10.9. The lowest BCUT2D eigenvalue weighted by atomic mass is 10.2. The van der Waals surface area contributed by atoms with E-state index in [4.69, 9.17) is 10.8 Å². The number of phenols is 1. The van der Waals surface area contributed by atoms with E-state index in [0.29, 0.717) is 6.42 Å². The number of primary amides is 1. The van der Waals surface area contributed by atoms with Crippen LogP contribution in [0.2, 0.25) is 0 Å². The Morgan fingerprint density at radius 1 is 1.53 bits per heavy atom. The molecule has 0 radical (unpaired) electrons. The Kier molecular flexibility index (Phi) is 3.85. The van der Waals surface area contributed by atoms with E-state index in [-0.39, 0.29) is 5.75 Å². The lowest BCUT2D eigenvalue weighted by Crippen LogP contribution is -2.26. The summed E-state index contributed by atoms with van der Waals surface area (Å²) in [4.78, 5) is 14.9. The molecule has 15 heavy (non-hydrogen) atoms. The second kappa shape index (κ2) is 5.14. The average molecular weight is 206 g/mol. The molecule has 0 saturated heterocycles. The molecule has 0 fully saturated rings. The zero-order valence-corrected chi connectivity index (χ0v) is 8.55. The van der Waals surface area contributed by atoms with Gasteiger partial charge in [-0.25, -0.2) is 0 Å². The Labute approximate surface area is 88.4 Å². The number of rotatable bonds is 4. The number of hydrogen-bond donors (Lipinski definition) is 2. The van der Waals surface area contributed by atoms with Crippen molar-refractivity contribution in [1.82, 2.24) is 0 Å². The molecule has 1 atom stereocenters. The van der Waals surface area contributed by atoms with Crippen molar-refractivity contribution in [3.63, 3.8) is 0 Å². The zero-order chi connectivity index (χ0) is 11.3. The maximum atomic E-state index is 10.9. The summed E-state index contributed by atoms with van der Waals surface area (Å²) >= 11 is 0. The number of phenolic OH excluding ortho intramolecular Hbond substituents is 1. The van der Waals surface area contributed by atoms with Crippen molar-refractivity contribution in [3.8, 4) is 5.75 Å². The van der Waals surface area contributed by atoms with Crippen molar-refractivity contribution in [3.05, 3.63) is 29.8 Å². The Morgan fingerprint density at radius 3 is 2.60 bits per heavy atom. The van der Waals surface area contributed by atoms with Crippen LogP contribution in [0.1, 0.15) is 18.9 Å². The predicted octanol–water partition coefficient (Wildman–Crippen LogP) is 1.07. The molecule has 4 nitrogen and oxygen atoms in total. The van der Waals surface area contributed by atoms with Gasteiger partial charge in [0.25, 0.3) is 0 Å². The molecular formula is C11H14N2O2. The van der Waals surface area contributed by atoms with Crippen LogP contribution in [-0.2, 0) is 4.79 Å². The number of aromatic hydroxyl groups is 1. The number of nitrogens with zero attached hydrogens (tertiary/aromatic N) is 1. The van der Waals surface area contributed by atoms with Gasteiger partial charge in [-0.05, 0) is 36.2 Å². The van der Waals surface area contributed by atoms with E-state index in [0.717, 1.165) is 5.56 Å². The summed E-state index contributed by atoms with van der Waals surface area (Å²) in [5.74, 6) is -0.221. The maximum Gasteiger partial charge on any atom is 0.242 e. The molecule has 0 aliphatic heterocycles. The number of benzene rings is 1. The first-order valence-electron chi connectivity index (χ1n) is 4.75. The van der Waals surface area contributed by atoms with E-state index < -0.39 is 11.9 Å². The first-order valence-corrected chi connectivity index (χ1v) is 4.75. The molecule has 1 aromatic rings. The van der Waals surface area contributed by atoms with Crippen LogP contribution in [0.3, 0.4) is 0 Å². The summed E-state index contributed by atoms with van der Waals surface area (Å²) in [5.41, 5.74) is 5.97. The molecule has 1 amide bonds. The van der Waals surface area contributed by atoms with E-state index in [1.54, 1.807) is 30.5 Å². The topological polar surface area (TPSA) is 75.7 Å². The SMILES string of the molecule is CCC(N=Cc1ccc(O)cc1)C(N)=O. The summed E-state index contributed by atoms with van der Waals surface area (Å²) in [7, 11) is 0. The molecule has 0 bridgehead atoms. The Hall–Kier alpha value is -1.84. The molecule has 1 rings (SSSR count). The molecule has 0 aliphatic carbocycles. The van der Waals surface area contributed by atoms with Gasteiger partial charge in [0, 0.05) is 6.21 Å². The van der Waals surface area contributed by atoms with E-state index in [2.05, 4.69) is 4.99 Å². The summed E-state index contributed by atoms with van der Waals surface area (Å²) in [6.07, 6.45) is 2.17. The van der Waals surface area contributed by atoms with Crippen molar-refractivity contribution < 1.29 is 9.90 Å². The molecule has 0 saturated carbocycles. The fraction of sp³-hybridized carbons (Fsp3) is 0.273. The zero-order valence-electron chi connectivity index (χ0n) is 8.55. The largest absolute Gasteiger partial charge is 0.508 e. The third-order valence-corrected chi connectivity index (χ3v) is 2.01. The predicted molar refractivity (Wildman–Crippen MR) is 59.0 cm³/mol. The van der Waals surface area contributed by atoms with Gasteiger partial charge in [0.15, 0.2) is 0 Å². The van der Waals surface area contributed by atoms with Crippen LogP contribution in [0, 0.1) is 0 Å². The third kappa shape index (κ3) is 3.42. The fourth-order valence-corrected chi connectivity index (χ4v) is 1.12. The van der Waals surface area contributed by atoms with Gasteiger partial charge in [0.2, 0.25) is 5.91 Å². The second-order valence-electron chi connectivity index (χ2n) is 3.20. The minimum Gasteiger partial charge on any atom is -0.508 e. The van der Waals surface area contributed by atoms with Gasteiger partial charge in [-0.2, -0.15) is 0 Å². The van der Waals surface area contributed by atoms with Crippen molar-refractivity contribution in [2.24, 2.45) is 10.7 Å². The summed E-state index contributed by atoms with van der Waals surface area (Å²) in [6, 6.07) is 6.08. The quantitative estimate of drug-likeness (QED) is 0.723. The normalized spacial score (nSPS) is 12.9. The smallest absolute Gasteiger partial charge is 0.242 e. The van der Waals surface area contributed by atoms with Crippen molar-refractivity contribution in [1.29, 1.82) is 0 Å². The molecule has 3 N–H and O–H groups in total. The van der Waals surface area contributed by atoms with E-state index in [1.807, 2.05) is 6.92 Å². The van der Waals surface area contributed by atoms with Gasteiger partial charge in [-0.15, -0.1) is 0 Å². The lowest BCUT2D eigenvalue weighted by Gasteiger charge is -2.03. The standard InChI is InChI=1S/C11H14N2O2/c1-2-10(11(12)15)13-7-8-3-5-9(14)6-4-8/h3-7,10,14H,2H2,1H3,(H2,12,15). The molecule has 0 heterocycles. The first-order chi connectivity index (χ1) is 7.13. The summed E-state index contributed by atoms with van der Waals surface area (Å²) in [6.45, 7) is 1.85. The first kappa shape index (κ1) is 11.2. The number of nitrogens with two attached hydrogens (primary N) is 1. The minimum atomic E-state index is -0.473. The highest BCUT2D eigenvalue weighted by Crippen LogP contribution is 2.08. The number of aliphatic imine (C=N–C) groups is 1. The summed E-state index contributed by atoms with van der Waals surface area (Å²) in [5, 5.41) is 9.05. The number of carbonyl (C=O) groups is 1. The van der Waals surface area contributed by atoms with Crippen molar-refractivity contribution in [2.75, 3.05) is 0 Å². The number of carbonyl (C=O) groups excluding carboxylic acids is 1. The van der Waals surface area contributed by atoms with Crippen molar-refractivity contribution >= 4 is 12.1 Å². The molecule has 1 unspecified atom stereocenters. The summed E-state index contributed by atoms with van der Waals surface area (Å²) < 4.78 is 0. The highest BCUT2D eigenvalue weighted by molar-refractivity contribution is 5.85. The Bertz CT molecular complexity index is 357. The fourth-order valence-electron chi connectivity index (χ4n) is 1.12. The van der Waals surface area contributed by atoms with Crippen LogP contribution in [0.4, 0.5) is 0 Å². The monoisotopic (exact) mass is 206 g/mol. The molecule has 1 aromatic carbocycles. The van der Waals surface area contributed by atoms with Crippen LogP contribution < -0.4 is 5.73 Å². The lowest BCUT2D eigenvalue weighted by molar-refractivity contribution is -0.119. The molecule has 0 spiro atoms. The van der Waals surface area contributed by atoms with E-state index >= 15 is 0 Å². The van der Waals surface area contributed by atoms with Gasteiger partial charge in [0.05, 0.1) is 0 Å². The minimum absolute atomic E-state index is 0.203. The Morgan fingerprint density at radius 2 is 2.13 bits per heavy atom. The third-order valence-electron chi connectivity index (χ3n) is 2.01. The van der Waals surface area contributed by atoms with Crippen LogP contribution in [0.25, 0.3) is 0 Å². The van der Waals surface area contributed by atoms with E-state index in [9.17, 15) is 4.79 Å². The van der Waals surface area contributed by atoms with Crippen LogP contribution in [-0.4, -0.2) is 23.3 Å². The van der Waals surface area contributed by atoms with Crippen molar-refractivity contribution in [2.45, 2.75) is 19.4 Å². The van der Waals surface area contributed by atoms with Gasteiger partial charge in [0.1, 0.15) is 11.8 Å². The van der Waals surface area contributed by atoms with Crippen LogP contribution in [0.15, 0.2) is 29.3 Å². The molecule has 80 valence electrons. The van der Waals surface area contributed by atoms with Gasteiger partial charge in [-0.1, -0.05) is 6.92 Å². The van der Waals surface area contributed by atoms with E-state index in [1.165, 1.54) is 0 Å². The highest BCUT2D eigenvalue weighted by atomic mass is 16.3. The Balaban J connectivity index is 2.72. The molecule has 4 heteroatoms. The van der Waals surface area contributed by atoms with Gasteiger partial charge < -0.3 is 10.8 Å². The number of hydrogen-bond acceptors (Lipinski definition) is 3. The molecular weight excluding hydrogens is 192 g/mol. The highest BCUT2D eigenvalue weighted by Gasteiger charge is 2.08. The molecule has 0 aromatic heterocycles. The van der Waals surface area contributed by atoms with Gasteiger partial charge >= 0.3 is 0 Å². The average Bonchev–Trinajstić information content (AvgIpc) is 2.21. The molecule has 0 aliphatic rings. The second-order valence-corrected chi connectivity index (χ2v) is 3.20. The number of amides is 1. The van der Waals surface area contributed by atoms with Crippen LogP contribution in [0.5, 0.6) is 5.75 Å². The van der Waals surface area contributed by atoms with Gasteiger partial charge in [-0.3, -0.25) is 9.79 Å².